The number of amides is 1. The molecule has 2 heterocycles. The van der Waals surface area contributed by atoms with Crippen LogP contribution >= 0.6 is 0 Å². The van der Waals surface area contributed by atoms with Crippen molar-refractivity contribution < 1.29 is 9.90 Å². The summed E-state index contributed by atoms with van der Waals surface area (Å²) in [6.07, 6.45) is 4.39. The summed E-state index contributed by atoms with van der Waals surface area (Å²) in [5.74, 6) is -0.242. The number of aliphatic hydroxyl groups excluding tert-OH is 1. The Morgan fingerprint density at radius 1 is 1.32 bits per heavy atom. The van der Waals surface area contributed by atoms with E-state index >= 15 is 0 Å². The van der Waals surface area contributed by atoms with Gasteiger partial charge in [0.05, 0.1) is 12.2 Å². The number of anilines is 1. The number of aromatic nitrogens is 3. The molecule has 0 unspecified atom stereocenters. The van der Waals surface area contributed by atoms with E-state index in [1.807, 2.05) is 18.8 Å². The molecule has 1 aromatic heterocycles. The highest BCUT2D eigenvalue weighted by atomic mass is 16.3. The minimum Gasteiger partial charge on any atom is -0.396 e. The normalized spacial score (nSPS) is 17.5. The Labute approximate surface area is 166 Å². The predicted octanol–water partition coefficient (Wildman–Crippen LogP) is 1.29. The lowest BCUT2D eigenvalue weighted by molar-refractivity contribution is 0.0946. The Bertz CT molecular complexity index is 758. The molecular weight excluding hydrogens is 356 g/mol. The van der Waals surface area contributed by atoms with E-state index < -0.39 is 0 Å². The number of piperidine rings is 1. The van der Waals surface area contributed by atoms with Crippen molar-refractivity contribution in [2.45, 2.75) is 31.8 Å². The predicted molar refractivity (Wildman–Crippen MR) is 108 cm³/mol. The summed E-state index contributed by atoms with van der Waals surface area (Å²) in [6, 6.07) is 8.89. The van der Waals surface area contributed by atoms with Gasteiger partial charge in [-0.25, -0.2) is 4.68 Å². The maximum absolute atomic E-state index is 12.1. The van der Waals surface area contributed by atoms with Crippen LogP contribution in [0, 0.1) is 0 Å². The van der Waals surface area contributed by atoms with Gasteiger partial charge in [0.1, 0.15) is 0 Å². The molecule has 1 amide bonds. The summed E-state index contributed by atoms with van der Waals surface area (Å²) < 4.78 is 1.82. The first-order valence-electron chi connectivity index (χ1n) is 9.86. The fraction of sp³-hybridized carbons (Fsp3) is 0.550. The van der Waals surface area contributed by atoms with E-state index in [2.05, 4.69) is 49.7 Å². The van der Waals surface area contributed by atoms with E-state index in [9.17, 15) is 4.79 Å². The highest BCUT2D eigenvalue weighted by molar-refractivity contribution is 5.91. The zero-order valence-corrected chi connectivity index (χ0v) is 16.7. The first-order valence-corrected chi connectivity index (χ1v) is 9.86. The molecule has 0 radical (unpaired) electrons. The number of nitrogens with one attached hydrogen (secondary N) is 1. The maximum atomic E-state index is 12.1. The molecule has 0 aliphatic carbocycles. The molecule has 8 nitrogen and oxygen atoms in total. The average Bonchev–Trinajstić information content (AvgIpc) is 3.19. The molecule has 1 fully saturated rings. The molecular formula is C20H30N6O2. The standard InChI is InChI=1S/C20H30N6O2/c1-24(2)17-8-6-16(7-9-17)13-25-11-3-5-18(14-25)26-15-19(22-23-26)20(28)21-10-4-12-27/h6-9,15,18,27H,3-5,10-14H2,1-2H3,(H,21,28)/t18-/m0/s1. The van der Waals surface area contributed by atoms with E-state index in [0.717, 1.165) is 32.5 Å². The number of carbonyl (C=O) groups excluding carboxylic acids is 1. The maximum Gasteiger partial charge on any atom is 0.273 e. The highest BCUT2D eigenvalue weighted by Crippen LogP contribution is 2.23. The number of carbonyl (C=O) groups is 1. The Morgan fingerprint density at radius 2 is 2.11 bits per heavy atom. The molecule has 1 atom stereocenters. The summed E-state index contributed by atoms with van der Waals surface area (Å²) in [4.78, 5) is 16.6. The van der Waals surface area contributed by atoms with Crippen LogP contribution in [0.5, 0.6) is 0 Å². The van der Waals surface area contributed by atoms with Gasteiger partial charge < -0.3 is 15.3 Å². The van der Waals surface area contributed by atoms with Crippen molar-refractivity contribution in [3.05, 3.63) is 41.7 Å². The molecule has 1 aliphatic heterocycles. The van der Waals surface area contributed by atoms with Crippen molar-refractivity contribution in [1.82, 2.24) is 25.2 Å². The van der Waals surface area contributed by atoms with Crippen LogP contribution in [0.2, 0.25) is 0 Å². The Hall–Kier alpha value is -2.45. The van der Waals surface area contributed by atoms with Crippen LogP contribution in [0.3, 0.4) is 0 Å². The number of hydrogen-bond acceptors (Lipinski definition) is 6. The van der Waals surface area contributed by atoms with Gasteiger partial charge in [-0.1, -0.05) is 17.3 Å². The van der Waals surface area contributed by atoms with E-state index in [4.69, 9.17) is 5.11 Å². The van der Waals surface area contributed by atoms with Gasteiger partial charge in [-0.05, 0) is 43.5 Å². The number of aliphatic hydroxyl groups is 1. The Kier molecular flexibility index (Phi) is 7.00. The van der Waals surface area contributed by atoms with Gasteiger partial charge in [0, 0.05) is 46.0 Å². The summed E-state index contributed by atoms with van der Waals surface area (Å²) in [5, 5.41) is 19.7. The monoisotopic (exact) mass is 386 g/mol. The zero-order valence-electron chi connectivity index (χ0n) is 16.7. The lowest BCUT2D eigenvalue weighted by Gasteiger charge is -2.32. The van der Waals surface area contributed by atoms with Crippen molar-refractivity contribution in [1.29, 1.82) is 0 Å². The van der Waals surface area contributed by atoms with Gasteiger partial charge >= 0.3 is 0 Å². The van der Waals surface area contributed by atoms with Gasteiger partial charge in [0.2, 0.25) is 0 Å². The fourth-order valence-electron chi connectivity index (χ4n) is 3.48. The molecule has 2 N–H and O–H groups in total. The quantitative estimate of drug-likeness (QED) is 0.665. The molecule has 1 aromatic carbocycles. The second-order valence-electron chi connectivity index (χ2n) is 7.51. The van der Waals surface area contributed by atoms with Crippen molar-refractivity contribution in [2.75, 3.05) is 45.2 Å². The minimum atomic E-state index is -0.242. The van der Waals surface area contributed by atoms with Crippen molar-refractivity contribution in [3.8, 4) is 0 Å². The third-order valence-corrected chi connectivity index (χ3v) is 5.08. The lowest BCUT2D eigenvalue weighted by Crippen LogP contribution is -2.36. The first kappa shape index (κ1) is 20.3. The molecule has 28 heavy (non-hydrogen) atoms. The molecule has 1 aliphatic rings. The number of likely N-dealkylation sites (tertiary alicyclic amines) is 1. The van der Waals surface area contributed by atoms with Gasteiger partial charge in [-0.2, -0.15) is 0 Å². The van der Waals surface area contributed by atoms with Crippen LogP contribution in [0.4, 0.5) is 5.69 Å². The molecule has 0 spiro atoms. The van der Waals surface area contributed by atoms with Gasteiger partial charge in [0.15, 0.2) is 5.69 Å². The van der Waals surface area contributed by atoms with E-state index in [0.29, 0.717) is 18.7 Å². The Balaban J connectivity index is 1.56. The number of hydrogen-bond donors (Lipinski definition) is 2. The average molecular weight is 387 g/mol. The number of rotatable bonds is 8. The minimum absolute atomic E-state index is 0.0583. The zero-order chi connectivity index (χ0) is 19.9. The summed E-state index contributed by atoms with van der Waals surface area (Å²) in [5.41, 5.74) is 2.83. The van der Waals surface area contributed by atoms with Gasteiger partial charge in [-0.3, -0.25) is 9.69 Å². The summed E-state index contributed by atoms with van der Waals surface area (Å²) >= 11 is 0. The molecule has 1 saturated heterocycles. The van der Waals surface area contributed by atoms with Crippen LogP contribution < -0.4 is 10.2 Å². The van der Waals surface area contributed by atoms with Crippen LogP contribution in [-0.2, 0) is 6.54 Å². The molecule has 3 rings (SSSR count). The van der Waals surface area contributed by atoms with Crippen molar-refractivity contribution >= 4 is 11.6 Å². The third kappa shape index (κ3) is 5.30. The van der Waals surface area contributed by atoms with Gasteiger partial charge in [0.25, 0.3) is 5.91 Å². The SMILES string of the molecule is CN(C)c1ccc(CN2CCC[C@H](n3cc(C(=O)NCCCO)nn3)C2)cc1. The van der Waals surface area contributed by atoms with Crippen LogP contribution in [0.1, 0.15) is 41.4 Å². The highest BCUT2D eigenvalue weighted by Gasteiger charge is 2.23. The van der Waals surface area contributed by atoms with E-state index in [1.54, 1.807) is 6.20 Å². The van der Waals surface area contributed by atoms with E-state index in [-0.39, 0.29) is 18.6 Å². The van der Waals surface area contributed by atoms with E-state index in [1.165, 1.54) is 11.3 Å². The molecule has 2 aromatic rings. The van der Waals surface area contributed by atoms with Crippen LogP contribution in [0.25, 0.3) is 0 Å². The summed E-state index contributed by atoms with van der Waals surface area (Å²) in [6.45, 7) is 3.36. The summed E-state index contributed by atoms with van der Waals surface area (Å²) in [7, 11) is 4.09. The fourth-order valence-corrected chi connectivity index (χ4v) is 3.48. The second-order valence-corrected chi connectivity index (χ2v) is 7.51. The second kappa shape index (κ2) is 9.66. The largest absolute Gasteiger partial charge is 0.396 e. The van der Waals surface area contributed by atoms with Crippen molar-refractivity contribution in [2.24, 2.45) is 0 Å². The molecule has 8 heteroatoms. The third-order valence-electron chi connectivity index (χ3n) is 5.08. The number of nitrogens with zero attached hydrogens (tertiary/aromatic N) is 5. The molecule has 152 valence electrons. The molecule has 0 saturated carbocycles. The first-order chi connectivity index (χ1) is 13.6. The van der Waals surface area contributed by atoms with Gasteiger partial charge in [-0.15, -0.1) is 5.10 Å². The lowest BCUT2D eigenvalue weighted by atomic mass is 10.0. The van der Waals surface area contributed by atoms with Crippen molar-refractivity contribution in [3.63, 3.8) is 0 Å². The number of benzene rings is 1. The van der Waals surface area contributed by atoms with Crippen LogP contribution in [-0.4, -0.2) is 71.2 Å². The molecule has 0 bridgehead atoms. The Morgan fingerprint density at radius 3 is 2.82 bits per heavy atom. The van der Waals surface area contributed by atoms with Crippen LogP contribution in [0.15, 0.2) is 30.5 Å². The smallest absolute Gasteiger partial charge is 0.273 e. The topological polar surface area (TPSA) is 86.5 Å².